The van der Waals surface area contributed by atoms with E-state index >= 15 is 0 Å². The van der Waals surface area contributed by atoms with Gasteiger partial charge >= 0.3 is 0 Å². The van der Waals surface area contributed by atoms with Crippen molar-refractivity contribution in [3.05, 3.63) is 42.1 Å². The van der Waals surface area contributed by atoms with Gasteiger partial charge in [-0.25, -0.2) is 4.98 Å². The van der Waals surface area contributed by atoms with Gasteiger partial charge in [-0.2, -0.15) is 0 Å². The second kappa shape index (κ2) is 7.26. The Bertz CT molecular complexity index is 883. The molecule has 1 aliphatic rings. The second-order valence-corrected chi connectivity index (χ2v) is 6.58. The Labute approximate surface area is 158 Å². The van der Waals surface area contributed by atoms with Crippen LogP contribution in [0.15, 0.2) is 36.5 Å². The van der Waals surface area contributed by atoms with Crippen LogP contribution >= 0.6 is 0 Å². The van der Waals surface area contributed by atoms with Gasteiger partial charge in [0.05, 0.1) is 12.8 Å². The third kappa shape index (κ3) is 3.32. The topological polar surface area (TPSA) is 80.8 Å². The smallest absolute Gasteiger partial charge is 0.282 e. The van der Waals surface area contributed by atoms with Crippen LogP contribution in [0.25, 0.3) is 0 Å². The molecule has 27 heavy (non-hydrogen) atoms. The third-order valence-electron chi connectivity index (χ3n) is 4.46. The molecule has 0 saturated heterocycles. The highest BCUT2D eigenvalue weighted by molar-refractivity contribution is 6.19. The fraction of sp³-hybridized carbons (Fsp3) is 0.350. The molecule has 7 heteroatoms. The van der Waals surface area contributed by atoms with Gasteiger partial charge in [-0.1, -0.05) is 13.0 Å². The van der Waals surface area contributed by atoms with Crippen molar-refractivity contribution in [1.82, 2.24) is 4.98 Å². The summed E-state index contributed by atoms with van der Waals surface area (Å²) in [5, 5.41) is 2.78. The number of anilines is 2. The van der Waals surface area contributed by atoms with Gasteiger partial charge in [-0.15, -0.1) is 0 Å². The molecule has 142 valence electrons. The lowest BCUT2D eigenvalue weighted by molar-refractivity contribution is -0.145. The van der Waals surface area contributed by atoms with Crippen LogP contribution in [0, 0.1) is 6.92 Å². The van der Waals surface area contributed by atoms with Gasteiger partial charge in [-0.3, -0.25) is 14.5 Å². The minimum atomic E-state index is -1.71. The van der Waals surface area contributed by atoms with Crippen LogP contribution in [0.3, 0.4) is 0 Å². The zero-order valence-corrected chi connectivity index (χ0v) is 15.9. The summed E-state index contributed by atoms with van der Waals surface area (Å²) in [7, 11) is 1.52. The molecule has 2 amide bonds. The quantitative estimate of drug-likeness (QED) is 0.820. The molecule has 1 atom stereocenters. The van der Waals surface area contributed by atoms with Gasteiger partial charge in [-0.05, 0) is 50.1 Å². The molecule has 0 saturated carbocycles. The van der Waals surface area contributed by atoms with Gasteiger partial charge in [0, 0.05) is 12.7 Å². The fourth-order valence-electron chi connectivity index (χ4n) is 3.02. The van der Waals surface area contributed by atoms with E-state index in [1.54, 1.807) is 30.5 Å². The normalized spacial score (nSPS) is 18.5. The Hall–Kier alpha value is -3.09. The van der Waals surface area contributed by atoms with E-state index in [0.717, 1.165) is 12.0 Å². The third-order valence-corrected chi connectivity index (χ3v) is 4.46. The number of benzene rings is 1. The van der Waals surface area contributed by atoms with E-state index in [-0.39, 0.29) is 0 Å². The average Bonchev–Trinajstić information content (AvgIpc) is 2.65. The predicted octanol–water partition coefficient (Wildman–Crippen LogP) is 2.93. The zero-order chi connectivity index (χ0) is 19.6. The molecule has 0 radical (unpaired) electrons. The van der Waals surface area contributed by atoms with Gasteiger partial charge in [0.1, 0.15) is 5.75 Å². The second-order valence-electron chi connectivity index (χ2n) is 6.58. The Kier molecular flexibility index (Phi) is 5.03. The van der Waals surface area contributed by atoms with E-state index in [2.05, 4.69) is 10.3 Å². The molecule has 2 heterocycles. The van der Waals surface area contributed by atoms with Crippen LogP contribution < -0.4 is 19.7 Å². The number of methoxy groups -OCH3 is 1. The Morgan fingerprint density at radius 2 is 2.15 bits per heavy atom. The molecule has 1 N–H and O–H groups in total. The molecule has 3 rings (SSSR count). The molecule has 7 nitrogen and oxygen atoms in total. The number of ether oxygens (including phenoxy) is 2. The molecule has 1 aromatic heterocycles. The first-order valence-electron chi connectivity index (χ1n) is 8.82. The van der Waals surface area contributed by atoms with Crippen LogP contribution in [0.1, 0.15) is 25.8 Å². The highest BCUT2D eigenvalue weighted by atomic mass is 16.5. The number of nitrogens with one attached hydrogen (secondary N) is 1. The molecule has 1 aromatic carbocycles. The number of pyridine rings is 1. The molecule has 0 fully saturated rings. The molecule has 0 aliphatic carbocycles. The van der Waals surface area contributed by atoms with Crippen LogP contribution in [-0.2, 0) is 9.59 Å². The summed E-state index contributed by atoms with van der Waals surface area (Å²) in [6.45, 7) is 5.79. The Morgan fingerprint density at radius 3 is 2.85 bits per heavy atom. The van der Waals surface area contributed by atoms with E-state index in [4.69, 9.17) is 9.47 Å². The number of nitrogens with zero attached hydrogens (tertiary/aromatic N) is 2. The number of carbonyl (C=O) groups excluding carboxylic acids is 2. The van der Waals surface area contributed by atoms with Crippen molar-refractivity contribution in [3.63, 3.8) is 0 Å². The maximum absolute atomic E-state index is 13.1. The molecular formula is C20H23N3O4. The number of hydrogen-bond donors (Lipinski definition) is 1. The van der Waals surface area contributed by atoms with Crippen molar-refractivity contribution in [2.45, 2.75) is 32.8 Å². The Morgan fingerprint density at radius 1 is 1.37 bits per heavy atom. The van der Waals surface area contributed by atoms with Crippen molar-refractivity contribution >= 4 is 23.3 Å². The minimum Gasteiger partial charge on any atom is -0.495 e. The lowest BCUT2D eigenvalue weighted by Crippen LogP contribution is -2.61. The number of hydrogen-bond acceptors (Lipinski definition) is 5. The maximum atomic E-state index is 13.1. The molecule has 0 bridgehead atoms. The van der Waals surface area contributed by atoms with E-state index in [0.29, 0.717) is 29.5 Å². The van der Waals surface area contributed by atoms with Gasteiger partial charge in [0.25, 0.3) is 17.4 Å². The molecular weight excluding hydrogens is 346 g/mol. The summed E-state index contributed by atoms with van der Waals surface area (Å²) in [4.78, 5) is 32.0. The fourth-order valence-corrected chi connectivity index (χ4v) is 3.02. The highest BCUT2D eigenvalue weighted by Gasteiger charge is 2.51. The molecule has 0 spiro atoms. The van der Waals surface area contributed by atoms with E-state index in [1.807, 2.05) is 19.9 Å². The minimum absolute atomic E-state index is 0.402. The van der Waals surface area contributed by atoms with Crippen LogP contribution in [0.4, 0.5) is 11.5 Å². The number of rotatable bonds is 5. The summed E-state index contributed by atoms with van der Waals surface area (Å²) in [6.07, 6.45) is 2.32. The van der Waals surface area contributed by atoms with Gasteiger partial charge < -0.3 is 14.8 Å². The average molecular weight is 369 g/mol. The predicted molar refractivity (Wildman–Crippen MR) is 102 cm³/mol. The van der Waals surface area contributed by atoms with Crippen LogP contribution in [0.2, 0.25) is 0 Å². The zero-order valence-electron chi connectivity index (χ0n) is 15.9. The van der Waals surface area contributed by atoms with Crippen LogP contribution in [0.5, 0.6) is 11.5 Å². The lowest BCUT2D eigenvalue weighted by atomic mass is 10.0. The first kappa shape index (κ1) is 18.7. The largest absolute Gasteiger partial charge is 0.495 e. The highest BCUT2D eigenvalue weighted by Crippen LogP contribution is 2.37. The SMILES string of the molecule is CCCN1C(=O)[C@@](C)(C(=O)Nc2cc(C)ccc2OC)Oc2cccnc21. The van der Waals surface area contributed by atoms with E-state index in [9.17, 15) is 9.59 Å². The molecule has 2 aromatic rings. The number of carbonyl (C=O) groups is 2. The summed E-state index contributed by atoms with van der Waals surface area (Å²) in [5.74, 6) is 0.335. The monoisotopic (exact) mass is 369 g/mol. The number of amides is 2. The number of aryl methyl sites for hydroxylation is 1. The summed E-state index contributed by atoms with van der Waals surface area (Å²) >= 11 is 0. The summed E-state index contributed by atoms with van der Waals surface area (Å²) < 4.78 is 11.1. The maximum Gasteiger partial charge on any atom is 0.282 e. The van der Waals surface area contributed by atoms with Crippen molar-refractivity contribution in [1.29, 1.82) is 0 Å². The van der Waals surface area contributed by atoms with Gasteiger partial charge in [0.15, 0.2) is 11.6 Å². The van der Waals surface area contributed by atoms with Gasteiger partial charge in [0.2, 0.25) is 0 Å². The standard InChI is InChI=1S/C20H23N3O4/c1-5-11-23-17-16(7-6-10-21-17)27-20(3,19(23)25)18(24)22-14-12-13(2)8-9-15(14)26-4/h6-10,12H,5,11H2,1-4H3,(H,22,24)/t20-/m1/s1. The lowest BCUT2D eigenvalue weighted by Gasteiger charge is -2.38. The molecule has 1 aliphatic heterocycles. The first-order chi connectivity index (χ1) is 12.9. The van der Waals surface area contributed by atoms with E-state index < -0.39 is 17.4 Å². The van der Waals surface area contributed by atoms with Crippen molar-refractivity contribution in [3.8, 4) is 11.5 Å². The molecule has 0 unspecified atom stereocenters. The first-order valence-corrected chi connectivity index (χ1v) is 8.82. The van der Waals surface area contributed by atoms with Crippen molar-refractivity contribution < 1.29 is 19.1 Å². The van der Waals surface area contributed by atoms with Crippen LogP contribution in [-0.4, -0.2) is 36.1 Å². The van der Waals surface area contributed by atoms with Crippen molar-refractivity contribution in [2.75, 3.05) is 23.9 Å². The Balaban J connectivity index is 1.96. The number of aromatic nitrogens is 1. The number of fused-ring (bicyclic) bond motifs is 1. The summed E-state index contributed by atoms with van der Waals surface area (Å²) in [6, 6.07) is 8.84. The van der Waals surface area contributed by atoms with Crippen molar-refractivity contribution in [2.24, 2.45) is 0 Å². The summed E-state index contributed by atoms with van der Waals surface area (Å²) in [5.41, 5.74) is -0.270. The van der Waals surface area contributed by atoms with E-state index in [1.165, 1.54) is 18.9 Å².